The molecule has 2 atom stereocenters. The molecule has 0 N–H and O–H groups in total. The zero-order valence-corrected chi connectivity index (χ0v) is 12.8. The van der Waals surface area contributed by atoms with Crippen molar-refractivity contribution in [2.45, 2.75) is 45.4 Å². The van der Waals surface area contributed by atoms with Gasteiger partial charge in [0, 0.05) is 28.4 Å². The van der Waals surface area contributed by atoms with Crippen LogP contribution >= 0.6 is 0 Å². The molecule has 0 bridgehead atoms. The van der Waals surface area contributed by atoms with Gasteiger partial charge in [-0.15, -0.1) is 0 Å². The number of hydrogen-bond acceptors (Lipinski definition) is 3. The number of hydrogen-bond donors (Lipinski definition) is 0. The second-order valence-corrected chi connectivity index (χ2v) is 5.91. The maximum absolute atomic E-state index is 12.8. The Labute approximate surface area is 130 Å². The third-order valence-electron chi connectivity index (χ3n) is 4.87. The van der Waals surface area contributed by atoms with Crippen molar-refractivity contribution in [2.75, 3.05) is 0 Å². The Morgan fingerprint density at radius 2 is 2.27 bits per heavy atom. The van der Waals surface area contributed by atoms with Crippen molar-refractivity contribution in [3.05, 3.63) is 40.3 Å². The lowest BCUT2D eigenvalue weighted by Crippen LogP contribution is -2.28. The molecule has 0 aromatic heterocycles. The van der Waals surface area contributed by atoms with Crippen LogP contribution in [-0.4, -0.2) is 5.78 Å². The molecule has 0 heterocycles. The second kappa shape index (κ2) is 7.11. The average molecular weight is 296 g/mol. The van der Waals surface area contributed by atoms with Gasteiger partial charge >= 0.3 is 0 Å². The molecule has 5 heteroatoms. The lowest BCUT2D eigenvalue weighted by Gasteiger charge is -2.25. The molecular weight excluding hydrogens is 276 g/mol. The van der Waals surface area contributed by atoms with Crippen molar-refractivity contribution in [2.24, 2.45) is 16.4 Å². The first-order chi connectivity index (χ1) is 10.7. The molecule has 1 saturated carbocycles. The van der Waals surface area contributed by atoms with Crippen LogP contribution in [0.4, 0.5) is 5.69 Å². The highest BCUT2D eigenvalue weighted by atomic mass is 16.1. The molecule has 0 aliphatic heterocycles. The fourth-order valence-corrected chi connectivity index (χ4v) is 3.50. The molecule has 0 saturated heterocycles. The van der Waals surface area contributed by atoms with Gasteiger partial charge in [-0.25, -0.2) is 0 Å². The fraction of sp³-hybridized carbons (Fsp3) is 0.529. The van der Waals surface area contributed by atoms with E-state index in [-0.39, 0.29) is 17.1 Å². The van der Waals surface area contributed by atoms with Crippen LogP contribution in [0.15, 0.2) is 29.4 Å². The van der Waals surface area contributed by atoms with Gasteiger partial charge in [-0.2, -0.15) is 5.26 Å². The molecule has 2 rings (SSSR count). The van der Waals surface area contributed by atoms with E-state index in [1.165, 1.54) is 0 Å². The minimum atomic E-state index is -0.326. The summed E-state index contributed by atoms with van der Waals surface area (Å²) in [4.78, 5) is 15.7. The highest BCUT2D eigenvalue weighted by Gasteiger charge is 2.45. The fourth-order valence-electron chi connectivity index (χ4n) is 3.50. The van der Waals surface area contributed by atoms with Gasteiger partial charge in [-0.05, 0) is 43.2 Å². The van der Waals surface area contributed by atoms with Gasteiger partial charge in [0.1, 0.15) is 5.78 Å². The molecule has 2 unspecified atom stereocenters. The van der Waals surface area contributed by atoms with Gasteiger partial charge in [0.25, 0.3) is 0 Å². The van der Waals surface area contributed by atoms with E-state index in [9.17, 15) is 4.79 Å². The van der Waals surface area contributed by atoms with E-state index in [1.807, 2.05) is 25.1 Å². The van der Waals surface area contributed by atoms with E-state index >= 15 is 0 Å². The summed E-state index contributed by atoms with van der Waals surface area (Å²) >= 11 is 0. The standard InChI is InChI=1S/C17H20N4O/c1-2-17(9-5-11-18)10-8-14(16(17)22)12-13-6-3-4-7-15(13)20-21-19/h3-4,6-7,14H,2,5,8-10,12H2,1H3. The van der Waals surface area contributed by atoms with Crippen LogP contribution in [-0.2, 0) is 11.2 Å². The summed E-state index contributed by atoms with van der Waals surface area (Å²) in [6, 6.07) is 9.57. The molecule has 114 valence electrons. The summed E-state index contributed by atoms with van der Waals surface area (Å²) < 4.78 is 0. The van der Waals surface area contributed by atoms with Gasteiger partial charge in [0.05, 0.1) is 6.07 Å². The minimum Gasteiger partial charge on any atom is -0.299 e. The Morgan fingerprint density at radius 3 is 2.95 bits per heavy atom. The topological polar surface area (TPSA) is 89.6 Å². The zero-order valence-electron chi connectivity index (χ0n) is 12.8. The van der Waals surface area contributed by atoms with Crippen LogP contribution in [0.25, 0.3) is 10.4 Å². The van der Waals surface area contributed by atoms with Crippen LogP contribution in [0, 0.1) is 22.7 Å². The number of nitriles is 1. The maximum Gasteiger partial charge on any atom is 0.142 e. The first kappa shape index (κ1) is 16.1. The molecule has 0 spiro atoms. The van der Waals surface area contributed by atoms with Crippen LogP contribution in [0.1, 0.15) is 44.6 Å². The Hall–Kier alpha value is -2.31. The van der Waals surface area contributed by atoms with Crippen LogP contribution in [0.2, 0.25) is 0 Å². The number of carbonyl (C=O) groups excluding carboxylic acids is 1. The molecule has 22 heavy (non-hydrogen) atoms. The van der Waals surface area contributed by atoms with E-state index in [4.69, 9.17) is 10.8 Å². The zero-order chi connectivity index (χ0) is 16.0. The molecule has 0 amide bonds. The number of rotatable bonds is 6. The summed E-state index contributed by atoms with van der Waals surface area (Å²) in [6.07, 6.45) is 4.21. The van der Waals surface area contributed by atoms with E-state index in [1.54, 1.807) is 6.07 Å². The number of azide groups is 1. The van der Waals surface area contributed by atoms with Crippen molar-refractivity contribution in [3.8, 4) is 6.07 Å². The van der Waals surface area contributed by atoms with Crippen LogP contribution < -0.4 is 0 Å². The number of nitrogens with zero attached hydrogens (tertiary/aromatic N) is 4. The Kier molecular flexibility index (Phi) is 5.19. The normalized spacial score (nSPS) is 23.8. The lowest BCUT2D eigenvalue weighted by atomic mass is 9.77. The van der Waals surface area contributed by atoms with Gasteiger partial charge in [-0.3, -0.25) is 4.79 Å². The molecule has 0 radical (unpaired) electrons. The van der Waals surface area contributed by atoms with Gasteiger partial charge < -0.3 is 0 Å². The van der Waals surface area contributed by atoms with E-state index < -0.39 is 0 Å². The quantitative estimate of drug-likeness (QED) is 0.426. The maximum atomic E-state index is 12.8. The van der Waals surface area contributed by atoms with Crippen LogP contribution in [0.5, 0.6) is 0 Å². The third kappa shape index (κ3) is 3.13. The second-order valence-electron chi connectivity index (χ2n) is 5.91. The SMILES string of the molecule is CCC1(CCC#N)CCC(Cc2ccccc2N=[N+]=[N-])C1=O. The predicted molar refractivity (Wildman–Crippen MR) is 84.3 cm³/mol. The van der Waals surface area contributed by atoms with Gasteiger partial charge in [-0.1, -0.05) is 36.3 Å². The van der Waals surface area contributed by atoms with E-state index in [2.05, 4.69) is 16.1 Å². The Morgan fingerprint density at radius 1 is 1.50 bits per heavy atom. The summed E-state index contributed by atoms with van der Waals surface area (Å²) in [7, 11) is 0. The largest absolute Gasteiger partial charge is 0.299 e. The van der Waals surface area contributed by atoms with Gasteiger partial charge in [0.2, 0.25) is 0 Å². The van der Waals surface area contributed by atoms with Crippen molar-refractivity contribution < 1.29 is 4.79 Å². The van der Waals surface area contributed by atoms with E-state index in [0.29, 0.717) is 24.9 Å². The molecule has 5 nitrogen and oxygen atoms in total. The first-order valence-corrected chi connectivity index (χ1v) is 7.71. The Balaban J connectivity index is 2.17. The average Bonchev–Trinajstić information content (AvgIpc) is 2.85. The highest BCUT2D eigenvalue weighted by Crippen LogP contribution is 2.46. The smallest absolute Gasteiger partial charge is 0.142 e. The number of Topliss-reactive ketones (excluding diaryl/α,β-unsaturated/α-hetero) is 1. The lowest BCUT2D eigenvalue weighted by molar-refractivity contribution is -0.129. The van der Waals surface area contributed by atoms with E-state index in [0.717, 1.165) is 24.8 Å². The van der Waals surface area contributed by atoms with Crippen molar-refractivity contribution in [3.63, 3.8) is 0 Å². The number of ketones is 1. The van der Waals surface area contributed by atoms with Crippen molar-refractivity contribution in [1.29, 1.82) is 5.26 Å². The monoisotopic (exact) mass is 296 g/mol. The highest BCUT2D eigenvalue weighted by molar-refractivity contribution is 5.89. The molecule has 1 aliphatic rings. The predicted octanol–water partition coefficient (Wildman–Crippen LogP) is 4.85. The summed E-state index contributed by atoms with van der Waals surface area (Å²) in [6.45, 7) is 2.03. The summed E-state index contributed by atoms with van der Waals surface area (Å²) in [5, 5.41) is 12.5. The summed E-state index contributed by atoms with van der Waals surface area (Å²) in [5.74, 6) is 0.245. The number of carbonyl (C=O) groups is 1. The molecule has 1 fully saturated rings. The van der Waals surface area contributed by atoms with Gasteiger partial charge in [0.15, 0.2) is 0 Å². The van der Waals surface area contributed by atoms with Crippen molar-refractivity contribution in [1.82, 2.24) is 0 Å². The molecule has 1 aliphatic carbocycles. The molecule has 1 aromatic carbocycles. The Bertz CT molecular complexity index is 642. The summed E-state index contributed by atoms with van der Waals surface area (Å²) in [5.41, 5.74) is 9.83. The minimum absolute atomic E-state index is 0.0336. The first-order valence-electron chi connectivity index (χ1n) is 7.71. The number of benzene rings is 1. The van der Waals surface area contributed by atoms with Crippen molar-refractivity contribution >= 4 is 11.5 Å². The molecular formula is C17H20N4O. The molecule has 1 aromatic rings. The van der Waals surface area contributed by atoms with Crippen LogP contribution in [0.3, 0.4) is 0 Å². The third-order valence-corrected chi connectivity index (χ3v) is 4.87.